The van der Waals surface area contributed by atoms with Gasteiger partial charge in [-0.1, -0.05) is 147 Å². The van der Waals surface area contributed by atoms with Crippen LogP contribution >= 0.6 is 0 Å². The molecule has 0 aliphatic rings. The second-order valence-electron chi connectivity index (χ2n) is 17.1. The first-order valence-electron chi connectivity index (χ1n) is 20.9. The first kappa shape index (κ1) is 37.9. The van der Waals surface area contributed by atoms with Crippen molar-refractivity contribution in [2.75, 3.05) is 0 Å². The lowest BCUT2D eigenvalue weighted by atomic mass is 9.61. The third kappa shape index (κ3) is 4.87. The Bertz CT molecular complexity index is 4050. The second-order valence-corrected chi connectivity index (χ2v) is 17.1. The van der Waals surface area contributed by atoms with Crippen molar-refractivity contribution in [3.63, 3.8) is 0 Å². The quantitative estimate of drug-likeness (QED) is 0.188. The normalized spacial score (nSPS) is 12.3. The molecule has 0 saturated heterocycles. The molecule has 1 heterocycles. The van der Waals surface area contributed by atoms with Gasteiger partial charge in [-0.05, 0) is 127 Å². The number of benzene rings is 12. The molecule has 0 aliphatic heterocycles. The number of furan rings is 1. The predicted octanol–water partition coefficient (Wildman–Crippen LogP) is 4.68. The highest BCUT2D eigenvalue weighted by molar-refractivity contribution is 6.72. The summed E-state index contributed by atoms with van der Waals surface area (Å²) in [5, 5.41) is 15.9. The van der Waals surface area contributed by atoms with E-state index in [0.717, 1.165) is 38.6 Å². The second kappa shape index (κ2) is 13.2. The van der Waals surface area contributed by atoms with Crippen LogP contribution in [0.3, 0.4) is 0 Å². The summed E-state index contributed by atoms with van der Waals surface area (Å²) in [4.78, 5) is 0. The van der Waals surface area contributed by atoms with Crippen molar-refractivity contribution in [3.8, 4) is 33.4 Å². The lowest BCUT2D eigenvalue weighted by Gasteiger charge is -2.22. The van der Waals surface area contributed by atoms with E-state index in [1.165, 1.54) is 53.9 Å². The fourth-order valence-electron chi connectivity index (χ4n) is 10.8. The zero-order valence-corrected chi connectivity index (χ0v) is 34.2. The van der Waals surface area contributed by atoms with Crippen LogP contribution in [-0.4, -0.2) is 70.6 Å². The van der Waals surface area contributed by atoms with Gasteiger partial charge in [-0.25, -0.2) is 0 Å². The van der Waals surface area contributed by atoms with Gasteiger partial charge < -0.3 is 4.42 Å². The van der Waals surface area contributed by atoms with E-state index >= 15 is 0 Å². The monoisotopic (exact) mass is 784 g/mol. The van der Waals surface area contributed by atoms with Crippen molar-refractivity contribution in [2.45, 2.75) is 0 Å². The fraction of sp³-hybridized carbons (Fsp3) is 0. The Balaban J connectivity index is 1.17. The smallest absolute Gasteiger partial charge is 0.128 e. The lowest BCUT2D eigenvalue weighted by molar-refractivity contribution is 0.675. The maximum absolute atomic E-state index is 7.43. The first-order chi connectivity index (χ1) is 31.0. The summed E-state index contributed by atoms with van der Waals surface area (Å²) < 4.78 is 6.46. The predicted molar refractivity (Wildman–Crippen MR) is 283 cm³/mol. The Morgan fingerprint density at radius 3 is 1.17 bits per heavy atom. The van der Waals surface area contributed by atoms with E-state index in [1.807, 2.05) is 0 Å². The molecule has 0 N–H and O–H groups in total. The van der Waals surface area contributed by atoms with Crippen LogP contribution in [0.2, 0.25) is 0 Å². The minimum atomic E-state index is 0.101. The summed E-state index contributed by atoms with van der Waals surface area (Å²) in [7, 11) is 61.1. The zero-order chi connectivity index (χ0) is 43.6. The van der Waals surface area contributed by atoms with Crippen LogP contribution in [-0.2, 0) is 0 Å². The van der Waals surface area contributed by atoms with Crippen LogP contribution in [0.4, 0.5) is 0 Å². The van der Waals surface area contributed by atoms with Crippen molar-refractivity contribution in [2.24, 2.45) is 0 Å². The van der Waals surface area contributed by atoms with Crippen LogP contribution in [0.15, 0.2) is 132 Å². The van der Waals surface area contributed by atoms with Gasteiger partial charge in [0.15, 0.2) is 0 Å². The summed E-state index contributed by atoms with van der Waals surface area (Å²) >= 11 is 0. The van der Waals surface area contributed by atoms with Gasteiger partial charge in [-0.3, -0.25) is 0 Å². The van der Waals surface area contributed by atoms with Crippen LogP contribution in [0, 0.1) is 0 Å². The van der Waals surface area contributed by atoms with Crippen molar-refractivity contribution < 1.29 is 4.42 Å². The molecule has 0 saturated carbocycles. The van der Waals surface area contributed by atoms with E-state index < -0.39 is 0 Å². The van der Waals surface area contributed by atoms with E-state index in [-0.39, 0.29) is 54.9 Å². The maximum atomic E-state index is 7.43. The van der Waals surface area contributed by atoms with Crippen molar-refractivity contribution >= 4 is 217 Å². The molecule has 0 atom stereocenters. The van der Waals surface area contributed by atoms with Gasteiger partial charge in [0.1, 0.15) is 81.8 Å². The van der Waals surface area contributed by atoms with Gasteiger partial charge in [-0.2, -0.15) is 0 Å². The lowest BCUT2D eigenvalue weighted by Crippen LogP contribution is -2.50. The molecule has 13 rings (SSSR count). The van der Waals surface area contributed by atoms with Crippen molar-refractivity contribution in [1.29, 1.82) is 0 Å². The largest absolute Gasteiger partial charge is 0.457 e. The first-order valence-corrected chi connectivity index (χ1v) is 20.9. The zero-order valence-electron chi connectivity index (χ0n) is 34.2. The van der Waals surface area contributed by atoms with E-state index in [1.54, 1.807) is 0 Å². The van der Waals surface area contributed by atoms with Gasteiger partial charge in [0.05, 0.1) is 0 Å². The Morgan fingerprint density at radius 2 is 0.656 bits per heavy atom. The number of hydrogen-bond donors (Lipinski definition) is 0. The molecule has 0 bridgehead atoms. The highest BCUT2D eigenvalue weighted by atomic mass is 16.3. The SMILES string of the molecule is [B]c1c(-c2cc(-c3ccc4ccc5cccc6ccc3c4c56)cc(-c3ccc4ccc5cccc6ccc3c4c56)c2)c([B])c2c(oc3c([B])c([B])c4c([B])c([B])c([B])c([B])c4c32)c1[B]. The van der Waals surface area contributed by atoms with Gasteiger partial charge in [0.25, 0.3) is 0 Å². The molecule has 1 aromatic heterocycles. The highest BCUT2D eigenvalue weighted by Crippen LogP contribution is 2.44. The molecule has 0 aliphatic carbocycles. The fourth-order valence-corrected chi connectivity index (χ4v) is 10.8. The summed E-state index contributed by atoms with van der Waals surface area (Å²) in [6.07, 6.45) is 0. The Labute approximate surface area is 380 Å². The number of rotatable bonds is 3. The molecular weight excluding hydrogens is 762 g/mol. The van der Waals surface area contributed by atoms with Gasteiger partial charge in [0.2, 0.25) is 0 Å². The third-order valence-corrected chi connectivity index (χ3v) is 13.9. The van der Waals surface area contributed by atoms with E-state index in [9.17, 15) is 0 Å². The highest BCUT2D eigenvalue weighted by Gasteiger charge is 2.25. The Kier molecular flexibility index (Phi) is 7.82. The van der Waals surface area contributed by atoms with Crippen LogP contribution in [0.5, 0.6) is 0 Å². The molecule has 1 nitrogen and oxygen atoms in total. The number of hydrogen-bond acceptors (Lipinski definition) is 1. The molecule has 0 fully saturated rings. The maximum Gasteiger partial charge on any atom is 0.128 e. The summed E-state index contributed by atoms with van der Waals surface area (Å²) in [5.41, 5.74) is 7.24. The molecule has 12 aromatic carbocycles. The molecule has 0 unspecified atom stereocenters. The summed E-state index contributed by atoms with van der Waals surface area (Å²) in [5.74, 6) is 0. The van der Waals surface area contributed by atoms with Crippen molar-refractivity contribution in [3.05, 3.63) is 127 Å². The van der Waals surface area contributed by atoms with Crippen LogP contribution in [0.25, 0.3) is 131 Å². The minimum Gasteiger partial charge on any atom is -0.457 e. The van der Waals surface area contributed by atoms with E-state index in [2.05, 4.69) is 127 Å². The molecule has 13 aromatic rings. The molecular formula is C54H21B9O. The van der Waals surface area contributed by atoms with Gasteiger partial charge in [0, 0.05) is 10.8 Å². The van der Waals surface area contributed by atoms with Crippen LogP contribution in [0.1, 0.15) is 0 Å². The minimum absolute atomic E-state index is 0.101. The topological polar surface area (TPSA) is 13.1 Å². The molecule has 270 valence electrons. The van der Waals surface area contributed by atoms with E-state index in [4.69, 9.17) is 75.0 Å². The van der Waals surface area contributed by atoms with Crippen molar-refractivity contribution in [1.82, 2.24) is 0 Å². The van der Waals surface area contributed by atoms with Gasteiger partial charge in [-0.15, -0.1) is 10.9 Å². The third-order valence-electron chi connectivity index (χ3n) is 13.9. The average Bonchev–Trinajstić information content (AvgIpc) is 3.73. The van der Waals surface area contributed by atoms with Gasteiger partial charge >= 0.3 is 0 Å². The number of fused-ring (bicyclic) bond motifs is 5. The average molecular weight is 783 g/mol. The summed E-state index contributed by atoms with van der Waals surface area (Å²) in [6, 6.07) is 45.9. The summed E-state index contributed by atoms with van der Waals surface area (Å²) in [6.45, 7) is 0. The molecule has 18 radical (unpaired) electrons. The molecule has 64 heavy (non-hydrogen) atoms. The van der Waals surface area contributed by atoms with E-state index in [0.29, 0.717) is 32.6 Å². The van der Waals surface area contributed by atoms with Crippen LogP contribution < -0.4 is 49.2 Å². The molecule has 10 heteroatoms. The Hall–Kier alpha value is -6.64. The standard InChI is InChI=1S/C54H21B9O/c55-44-39(45(56)51(62)54-43(44)41-40-42(48(59)52(63)53(41)64-54)47(58)50(61)49(60)46(40)57)30-20-28(31-15-11-26-9-7-22-3-1-5-24-13-17-33(31)37(26)35(22)24)19-29(21-30)32-16-12-27-10-8-23-4-2-6-25-14-18-34(32)38(27)36(23)25/h1-21H. The Morgan fingerprint density at radius 1 is 0.266 bits per heavy atom. The molecule has 0 amide bonds. The molecule has 0 spiro atoms.